The van der Waals surface area contributed by atoms with Crippen LogP contribution in [0.25, 0.3) is 0 Å². The van der Waals surface area contributed by atoms with Gasteiger partial charge >= 0.3 is 0 Å². The lowest BCUT2D eigenvalue weighted by Gasteiger charge is -2.33. The van der Waals surface area contributed by atoms with Crippen molar-refractivity contribution in [3.8, 4) is 6.07 Å². The Morgan fingerprint density at radius 3 is 3.18 bits per heavy atom. The summed E-state index contributed by atoms with van der Waals surface area (Å²) in [6.45, 7) is 2.89. The Bertz CT molecular complexity index is 474. The fourth-order valence-corrected chi connectivity index (χ4v) is 2.06. The van der Waals surface area contributed by atoms with Gasteiger partial charge in [0, 0.05) is 6.04 Å². The number of aromatic nitrogens is 2. The SMILES string of the molecule is C[C@H]1Cn2nc(CO)cc2CN1C(=O)CC#N. The van der Waals surface area contributed by atoms with E-state index in [9.17, 15) is 4.79 Å². The van der Waals surface area contributed by atoms with Gasteiger partial charge in [-0.25, -0.2) is 0 Å². The summed E-state index contributed by atoms with van der Waals surface area (Å²) in [6.07, 6.45) is -0.0919. The Balaban J connectivity index is 2.20. The maximum Gasteiger partial charge on any atom is 0.237 e. The van der Waals surface area contributed by atoms with Crippen LogP contribution < -0.4 is 0 Å². The molecular weight excluding hydrogens is 220 g/mol. The average molecular weight is 234 g/mol. The molecule has 6 nitrogen and oxygen atoms in total. The summed E-state index contributed by atoms with van der Waals surface area (Å²) in [5.74, 6) is -0.155. The van der Waals surface area contributed by atoms with Crippen LogP contribution in [0.1, 0.15) is 24.7 Å². The molecule has 1 aliphatic heterocycles. The van der Waals surface area contributed by atoms with Crippen molar-refractivity contribution in [2.45, 2.75) is 39.1 Å². The molecule has 0 saturated heterocycles. The van der Waals surface area contributed by atoms with Gasteiger partial charge in [-0.2, -0.15) is 10.4 Å². The molecule has 1 aromatic heterocycles. The lowest BCUT2D eigenvalue weighted by molar-refractivity contribution is -0.134. The topological polar surface area (TPSA) is 82.2 Å². The van der Waals surface area contributed by atoms with E-state index in [-0.39, 0.29) is 25.0 Å². The summed E-state index contributed by atoms with van der Waals surface area (Å²) in [6, 6.07) is 3.69. The van der Waals surface area contributed by atoms with Crippen LogP contribution in [0, 0.1) is 11.3 Å². The Kier molecular flexibility index (Phi) is 3.11. The molecule has 2 rings (SSSR count). The van der Waals surface area contributed by atoms with E-state index < -0.39 is 0 Å². The largest absolute Gasteiger partial charge is 0.390 e. The van der Waals surface area contributed by atoms with Crippen molar-refractivity contribution in [1.82, 2.24) is 14.7 Å². The number of hydrogen-bond acceptors (Lipinski definition) is 4. The van der Waals surface area contributed by atoms with Gasteiger partial charge < -0.3 is 10.0 Å². The van der Waals surface area contributed by atoms with Crippen LogP contribution >= 0.6 is 0 Å². The van der Waals surface area contributed by atoms with E-state index in [1.807, 2.05) is 17.7 Å². The molecule has 1 aromatic rings. The van der Waals surface area contributed by atoms with Gasteiger partial charge in [-0.3, -0.25) is 9.48 Å². The number of carbonyl (C=O) groups excluding carboxylic acids is 1. The highest BCUT2D eigenvalue weighted by Gasteiger charge is 2.27. The Hall–Kier alpha value is -1.87. The van der Waals surface area contributed by atoms with Crippen LogP contribution in [-0.2, 0) is 24.5 Å². The summed E-state index contributed by atoms with van der Waals surface area (Å²) in [4.78, 5) is 13.4. The Morgan fingerprint density at radius 2 is 2.53 bits per heavy atom. The minimum absolute atomic E-state index is 0.0230. The molecule has 1 amide bonds. The molecule has 0 aliphatic carbocycles. The Morgan fingerprint density at radius 1 is 1.76 bits per heavy atom. The number of aliphatic hydroxyl groups excluding tert-OH is 1. The zero-order valence-corrected chi connectivity index (χ0v) is 9.63. The van der Waals surface area contributed by atoms with Crippen molar-refractivity contribution in [3.63, 3.8) is 0 Å². The third-order valence-corrected chi connectivity index (χ3v) is 2.93. The Labute approximate surface area is 99.1 Å². The van der Waals surface area contributed by atoms with Crippen LogP contribution in [0.2, 0.25) is 0 Å². The molecule has 0 saturated carbocycles. The van der Waals surface area contributed by atoms with Crippen molar-refractivity contribution < 1.29 is 9.90 Å². The molecule has 0 fully saturated rings. The van der Waals surface area contributed by atoms with Crippen LogP contribution in [0.5, 0.6) is 0 Å². The third-order valence-electron chi connectivity index (χ3n) is 2.93. The molecule has 2 heterocycles. The summed E-state index contributed by atoms with van der Waals surface area (Å²) in [5.41, 5.74) is 1.51. The van der Waals surface area contributed by atoms with Gasteiger partial charge in [0.25, 0.3) is 0 Å². The molecule has 1 aliphatic rings. The molecule has 1 N–H and O–H groups in total. The smallest absolute Gasteiger partial charge is 0.237 e. The molecule has 0 bridgehead atoms. The molecule has 90 valence electrons. The highest BCUT2D eigenvalue weighted by molar-refractivity contribution is 5.78. The minimum atomic E-state index is -0.155. The van der Waals surface area contributed by atoms with Crippen LogP contribution in [-0.4, -0.2) is 31.7 Å². The molecule has 1 atom stereocenters. The van der Waals surface area contributed by atoms with Crippen molar-refractivity contribution in [3.05, 3.63) is 17.5 Å². The van der Waals surface area contributed by atoms with E-state index in [0.29, 0.717) is 18.8 Å². The maximum absolute atomic E-state index is 11.7. The van der Waals surface area contributed by atoms with Gasteiger partial charge in [0.05, 0.1) is 37.2 Å². The fraction of sp³-hybridized carbons (Fsp3) is 0.545. The van der Waals surface area contributed by atoms with Crippen molar-refractivity contribution in [2.75, 3.05) is 0 Å². The molecular formula is C11H14N4O2. The fourth-order valence-electron chi connectivity index (χ4n) is 2.06. The molecule has 0 aromatic carbocycles. The molecule has 6 heteroatoms. The number of fused-ring (bicyclic) bond motifs is 1. The average Bonchev–Trinajstić information content (AvgIpc) is 2.70. The first kappa shape index (κ1) is 11.6. The molecule has 0 radical (unpaired) electrons. The monoisotopic (exact) mass is 234 g/mol. The van der Waals surface area contributed by atoms with E-state index in [1.54, 1.807) is 11.0 Å². The molecule has 17 heavy (non-hydrogen) atoms. The van der Waals surface area contributed by atoms with Crippen molar-refractivity contribution >= 4 is 5.91 Å². The lowest BCUT2D eigenvalue weighted by Crippen LogP contribution is -2.44. The van der Waals surface area contributed by atoms with Gasteiger partial charge in [0.2, 0.25) is 5.91 Å². The first-order chi connectivity index (χ1) is 8.15. The van der Waals surface area contributed by atoms with Crippen LogP contribution in [0.4, 0.5) is 0 Å². The number of rotatable bonds is 2. The summed E-state index contributed by atoms with van der Waals surface area (Å²) in [7, 11) is 0. The number of nitriles is 1. The van der Waals surface area contributed by atoms with E-state index >= 15 is 0 Å². The van der Waals surface area contributed by atoms with E-state index in [2.05, 4.69) is 5.10 Å². The van der Waals surface area contributed by atoms with E-state index in [0.717, 1.165) is 5.69 Å². The zero-order chi connectivity index (χ0) is 12.4. The van der Waals surface area contributed by atoms with Crippen molar-refractivity contribution in [2.24, 2.45) is 0 Å². The zero-order valence-electron chi connectivity index (χ0n) is 9.63. The second-order valence-corrected chi connectivity index (χ2v) is 4.17. The minimum Gasteiger partial charge on any atom is -0.390 e. The highest BCUT2D eigenvalue weighted by Crippen LogP contribution is 2.19. The number of nitrogens with zero attached hydrogens (tertiary/aromatic N) is 4. The number of amides is 1. The predicted molar refractivity (Wildman–Crippen MR) is 58.4 cm³/mol. The van der Waals surface area contributed by atoms with Gasteiger partial charge in [0.1, 0.15) is 6.42 Å². The maximum atomic E-state index is 11.7. The number of hydrogen-bond donors (Lipinski definition) is 1. The second-order valence-electron chi connectivity index (χ2n) is 4.17. The number of carbonyl (C=O) groups is 1. The summed E-state index contributed by atoms with van der Waals surface area (Å²) >= 11 is 0. The summed E-state index contributed by atoms with van der Waals surface area (Å²) in [5, 5.41) is 21.8. The van der Waals surface area contributed by atoms with Gasteiger partial charge in [-0.05, 0) is 13.0 Å². The van der Waals surface area contributed by atoms with E-state index in [1.165, 1.54) is 0 Å². The third kappa shape index (κ3) is 2.15. The van der Waals surface area contributed by atoms with Gasteiger partial charge in [0.15, 0.2) is 0 Å². The number of aliphatic hydroxyl groups is 1. The first-order valence-corrected chi connectivity index (χ1v) is 5.48. The van der Waals surface area contributed by atoms with Crippen molar-refractivity contribution in [1.29, 1.82) is 5.26 Å². The standard InChI is InChI=1S/C11H14N4O2/c1-8-5-15-10(4-9(7-16)13-15)6-14(8)11(17)2-3-12/h4,8,16H,2,5-7H2,1H3/t8-/m0/s1. The predicted octanol–water partition coefficient (Wildman–Crippen LogP) is 0.0198. The summed E-state index contributed by atoms with van der Waals surface area (Å²) < 4.78 is 1.81. The highest BCUT2D eigenvalue weighted by atomic mass is 16.3. The first-order valence-electron chi connectivity index (χ1n) is 5.48. The lowest BCUT2D eigenvalue weighted by atomic mass is 10.2. The van der Waals surface area contributed by atoms with E-state index in [4.69, 9.17) is 10.4 Å². The second kappa shape index (κ2) is 4.55. The van der Waals surface area contributed by atoms with Crippen LogP contribution in [0.15, 0.2) is 6.07 Å². The normalized spacial score (nSPS) is 18.6. The van der Waals surface area contributed by atoms with Gasteiger partial charge in [-0.15, -0.1) is 0 Å². The molecule has 0 spiro atoms. The quantitative estimate of drug-likeness (QED) is 0.782. The van der Waals surface area contributed by atoms with Crippen LogP contribution in [0.3, 0.4) is 0 Å². The molecule has 0 unspecified atom stereocenters. The van der Waals surface area contributed by atoms with Gasteiger partial charge in [-0.1, -0.05) is 0 Å².